The predicted molar refractivity (Wildman–Crippen MR) is 63.1 cm³/mol. The van der Waals surface area contributed by atoms with E-state index in [0.29, 0.717) is 21.3 Å². The van der Waals surface area contributed by atoms with E-state index in [1.165, 1.54) is 10.9 Å². The van der Waals surface area contributed by atoms with Crippen LogP contribution in [0.2, 0.25) is 10.0 Å². The summed E-state index contributed by atoms with van der Waals surface area (Å²) in [6.07, 6.45) is 1.47. The van der Waals surface area contributed by atoms with E-state index in [9.17, 15) is 4.79 Å². The van der Waals surface area contributed by atoms with Crippen LogP contribution in [0.4, 0.5) is 0 Å². The fraction of sp³-hybridized carbons (Fsp3) is 0.100. The number of carbonyl (C=O) groups is 1. The van der Waals surface area contributed by atoms with Gasteiger partial charge in [0.1, 0.15) is 6.54 Å². The van der Waals surface area contributed by atoms with E-state index in [4.69, 9.17) is 28.3 Å². The highest BCUT2D eigenvalue weighted by Gasteiger charge is 2.10. The maximum atomic E-state index is 10.6. The number of hydrogen-bond acceptors (Lipinski definition) is 3. The smallest absolute Gasteiger partial charge is 0.325 e. The summed E-state index contributed by atoms with van der Waals surface area (Å²) in [6.45, 7) is -0.254. The van der Waals surface area contributed by atoms with Crippen molar-refractivity contribution in [1.29, 1.82) is 0 Å². The van der Waals surface area contributed by atoms with Gasteiger partial charge in [0.25, 0.3) is 0 Å². The molecule has 0 saturated heterocycles. The van der Waals surface area contributed by atoms with Gasteiger partial charge in [-0.2, -0.15) is 0 Å². The van der Waals surface area contributed by atoms with Gasteiger partial charge in [-0.25, -0.2) is 4.68 Å². The van der Waals surface area contributed by atoms with Crippen molar-refractivity contribution in [2.45, 2.75) is 6.54 Å². The number of halogens is 2. The van der Waals surface area contributed by atoms with Gasteiger partial charge in [0.15, 0.2) is 0 Å². The molecule has 0 unspecified atom stereocenters. The molecule has 0 spiro atoms. The summed E-state index contributed by atoms with van der Waals surface area (Å²) in [5.74, 6) is -0.989. The van der Waals surface area contributed by atoms with Gasteiger partial charge < -0.3 is 5.11 Å². The third-order valence-electron chi connectivity index (χ3n) is 2.12. The summed E-state index contributed by atoms with van der Waals surface area (Å²) >= 11 is 11.7. The normalized spacial score (nSPS) is 10.5. The Hall–Kier alpha value is -1.59. The van der Waals surface area contributed by atoms with Gasteiger partial charge in [-0.15, -0.1) is 5.10 Å². The first-order valence-corrected chi connectivity index (χ1v) is 5.39. The maximum Gasteiger partial charge on any atom is 0.325 e. The van der Waals surface area contributed by atoms with Gasteiger partial charge in [0.05, 0.1) is 21.9 Å². The summed E-state index contributed by atoms with van der Waals surface area (Å²) < 4.78 is 1.28. The van der Waals surface area contributed by atoms with Crippen molar-refractivity contribution in [3.05, 3.63) is 34.4 Å². The van der Waals surface area contributed by atoms with Crippen molar-refractivity contribution >= 4 is 29.2 Å². The third-order valence-corrected chi connectivity index (χ3v) is 2.86. The fourth-order valence-electron chi connectivity index (χ4n) is 1.38. The van der Waals surface area contributed by atoms with Crippen LogP contribution in [0, 0.1) is 0 Å². The van der Waals surface area contributed by atoms with Crippen molar-refractivity contribution in [3.63, 3.8) is 0 Å². The number of rotatable bonds is 3. The van der Waals surface area contributed by atoms with Crippen LogP contribution in [-0.2, 0) is 11.3 Å². The monoisotopic (exact) mass is 271 g/mol. The minimum Gasteiger partial charge on any atom is -0.480 e. The van der Waals surface area contributed by atoms with Crippen molar-refractivity contribution in [2.24, 2.45) is 0 Å². The van der Waals surface area contributed by atoms with Gasteiger partial charge in [-0.05, 0) is 12.1 Å². The van der Waals surface area contributed by atoms with Gasteiger partial charge in [-0.3, -0.25) is 4.79 Å². The van der Waals surface area contributed by atoms with E-state index in [2.05, 4.69) is 10.3 Å². The Morgan fingerprint density at radius 2 is 2.12 bits per heavy atom. The Morgan fingerprint density at radius 3 is 2.76 bits per heavy atom. The maximum absolute atomic E-state index is 10.6. The zero-order valence-corrected chi connectivity index (χ0v) is 9.98. The number of carboxylic acid groups (broad SMARTS) is 1. The summed E-state index contributed by atoms with van der Waals surface area (Å²) in [7, 11) is 0. The standard InChI is InChI=1S/C10H7Cl2N3O2/c11-7-2-1-6(3-8(7)12)9-4-13-14-15(9)5-10(16)17/h1-4H,5H2,(H,16,17). The SMILES string of the molecule is O=C(O)Cn1nncc1-c1ccc(Cl)c(Cl)c1. The molecule has 0 radical (unpaired) electrons. The number of aliphatic carboxylic acids is 1. The Morgan fingerprint density at radius 1 is 1.35 bits per heavy atom. The molecule has 88 valence electrons. The lowest BCUT2D eigenvalue weighted by atomic mass is 10.2. The lowest BCUT2D eigenvalue weighted by Gasteiger charge is -2.04. The summed E-state index contributed by atoms with van der Waals surface area (Å²) in [4.78, 5) is 10.6. The second kappa shape index (κ2) is 4.73. The number of benzene rings is 1. The summed E-state index contributed by atoms with van der Waals surface area (Å²) in [5, 5.41) is 16.9. The Bertz CT molecular complexity index is 568. The molecule has 5 nitrogen and oxygen atoms in total. The quantitative estimate of drug-likeness (QED) is 0.931. The van der Waals surface area contributed by atoms with E-state index in [0.717, 1.165) is 0 Å². The molecule has 7 heteroatoms. The van der Waals surface area contributed by atoms with Crippen LogP contribution in [0.25, 0.3) is 11.3 Å². The zero-order chi connectivity index (χ0) is 12.4. The summed E-state index contributed by atoms with van der Waals surface area (Å²) in [6, 6.07) is 5.00. The Balaban J connectivity index is 2.42. The molecule has 17 heavy (non-hydrogen) atoms. The first-order chi connectivity index (χ1) is 8.08. The molecule has 0 fully saturated rings. The van der Waals surface area contributed by atoms with E-state index in [-0.39, 0.29) is 6.54 Å². The summed E-state index contributed by atoms with van der Waals surface area (Å²) in [5.41, 5.74) is 1.29. The molecule has 0 aliphatic heterocycles. The minimum absolute atomic E-state index is 0.254. The molecule has 0 aliphatic rings. The van der Waals surface area contributed by atoms with Crippen LogP contribution in [0.1, 0.15) is 0 Å². The highest BCUT2D eigenvalue weighted by Crippen LogP contribution is 2.27. The van der Waals surface area contributed by atoms with E-state index < -0.39 is 5.97 Å². The highest BCUT2D eigenvalue weighted by atomic mass is 35.5. The van der Waals surface area contributed by atoms with Gasteiger partial charge in [0.2, 0.25) is 0 Å². The van der Waals surface area contributed by atoms with E-state index >= 15 is 0 Å². The van der Waals surface area contributed by atoms with Crippen molar-refractivity contribution in [2.75, 3.05) is 0 Å². The predicted octanol–water partition coefficient (Wildman–Crippen LogP) is 2.34. The van der Waals surface area contributed by atoms with Crippen molar-refractivity contribution in [1.82, 2.24) is 15.0 Å². The second-order valence-electron chi connectivity index (χ2n) is 3.30. The Labute approximate surface area is 107 Å². The van der Waals surface area contributed by atoms with Crippen LogP contribution >= 0.6 is 23.2 Å². The minimum atomic E-state index is -0.989. The number of carboxylic acids is 1. The largest absolute Gasteiger partial charge is 0.480 e. The van der Waals surface area contributed by atoms with E-state index in [1.807, 2.05) is 0 Å². The molecule has 1 aromatic heterocycles. The molecular formula is C10H7Cl2N3O2. The lowest BCUT2D eigenvalue weighted by Crippen LogP contribution is -2.11. The molecule has 2 aromatic rings. The van der Waals surface area contributed by atoms with Crippen molar-refractivity contribution < 1.29 is 9.90 Å². The first-order valence-electron chi connectivity index (χ1n) is 4.63. The number of aromatic nitrogens is 3. The lowest BCUT2D eigenvalue weighted by molar-refractivity contribution is -0.137. The van der Waals surface area contributed by atoms with Gasteiger partial charge in [-0.1, -0.05) is 34.5 Å². The van der Waals surface area contributed by atoms with Crippen LogP contribution in [-0.4, -0.2) is 26.1 Å². The number of nitrogens with zero attached hydrogens (tertiary/aromatic N) is 3. The van der Waals surface area contributed by atoms with Crippen LogP contribution < -0.4 is 0 Å². The third kappa shape index (κ3) is 2.57. The molecule has 1 N–H and O–H groups in total. The molecule has 0 amide bonds. The zero-order valence-electron chi connectivity index (χ0n) is 8.47. The van der Waals surface area contributed by atoms with Crippen LogP contribution in [0.5, 0.6) is 0 Å². The molecule has 0 aliphatic carbocycles. The molecule has 1 aromatic carbocycles. The topological polar surface area (TPSA) is 68.0 Å². The molecule has 0 bridgehead atoms. The van der Waals surface area contributed by atoms with Crippen LogP contribution in [0.15, 0.2) is 24.4 Å². The molecule has 2 rings (SSSR count). The highest BCUT2D eigenvalue weighted by molar-refractivity contribution is 6.42. The molecule has 1 heterocycles. The molecule has 0 saturated carbocycles. The van der Waals surface area contributed by atoms with Gasteiger partial charge in [0, 0.05) is 5.56 Å². The second-order valence-corrected chi connectivity index (χ2v) is 4.11. The van der Waals surface area contributed by atoms with E-state index in [1.54, 1.807) is 18.2 Å². The average Bonchev–Trinajstić information content (AvgIpc) is 2.69. The number of hydrogen-bond donors (Lipinski definition) is 1. The molecule has 0 atom stereocenters. The molecular weight excluding hydrogens is 265 g/mol. The van der Waals surface area contributed by atoms with Crippen LogP contribution in [0.3, 0.4) is 0 Å². The average molecular weight is 272 g/mol. The first kappa shape index (κ1) is 11.9. The Kier molecular flexibility index (Phi) is 3.31. The van der Waals surface area contributed by atoms with Gasteiger partial charge >= 0.3 is 5.97 Å². The van der Waals surface area contributed by atoms with Crippen molar-refractivity contribution in [3.8, 4) is 11.3 Å². The fourth-order valence-corrected chi connectivity index (χ4v) is 1.68.